The third-order valence-electron chi connectivity index (χ3n) is 4.94. The highest BCUT2D eigenvalue weighted by Crippen LogP contribution is 2.22. The molecule has 0 aliphatic carbocycles. The zero-order valence-corrected chi connectivity index (χ0v) is 17.4. The van der Waals surface area contributed by atoms with Crippen molar-refractivity contribution in [3.63, 3.8) is 0 Å². The van der Waals surface area contributed by atoms with Crippen LogP contribution in [0.1, 0.15) is 32.8 Å². The third kappa shape index (κ3) is 5.79. The number of nitrogens with zero attached hydrogens (tertiary/aromatic N) is 4. The number of rotatable bonds is 6. The highest BCUT2D eigenvalue weighted by atomic mass is 35.5. The van der Waals surface area contributed by atoms with Crippen molar-refractivity contribution in [3.05, 3.63) is 47.2 Å². The number of aromatic nitrogens is 2. The lowest BCUT2D eigenvalue weighted by molar-refractivity contribution is 0.0340. The molecule has 1 aromatic carbocycles. The van der Waals surface area contributed by atoms with E-state index in [2.05, 4.69) is 41.9 Å². The fraction of sp³-hybridized carbons (Fsp3) is 0.571. The molecule has 3 rings (SSSR count). The van der Waals surface area contributed by atoms with Crippen LogP contribution in [-0.2, 0) is 6.54 Å². The van der Waals surface area contributed by atoms with Crippen LogP contribution in [0.4, 0.5) is 0 Å². The SMILES string of the molecule is CC(C)(C)CN1CCN(Cc2cnn(-c3cccc(Cl)c3)c2)CC1CCO. The van der Waals surface area contributed by atoms with Crippen LogP contribution in [0.5, 0.6) is 0 Å². The molecule has 2 heterocycles. The average Bonchev–Trinajstić information content (AvgIpc) is 3.05. The first kappa shape index (κ1) is 20.3. The number of halogens is 1. The fourth-order valence-electron chi connectivity index (χ4n) is 3.80. The number of aliphatic hydroxyl groups is 1. The van der Waals surface area contributed by atoms with Crippen molar-refractivity contribution in [2.45, 2.75) is 39.8 Å². The van der Waals surface area contributed by atoms with Gasteiger partial charge in [-0.05, 0) is 30.0 Å². The van der Waals surface area contributed by atoms with Crippen LogP contribution in [0.3, 0.4) is 0 Å². The monoisotopic (exact) mass is 390 g/mol. The summed E-state index contributed by atoms with van der Waals surface area (Å²) in [7, 11) is 0. The summed E-state index contributed by atoms with van der Waals surface area (Å²) in [5.41, 5.74) is 2.44. The van der Waals surface area contributed by atoms with E-state index < -0.39 is 0 Å². The Morgan fingerprint density at radius 3 is 2.78 bits per heavy atom. The molecule has 0 amide bonds. The third-order valence-corrected chi connectivity index (χ3v) is 5.18. The smallest absolute Gasteiger partial charge is 0.0660 e. The first-order valence-corrected chi connectivity index (χ1v) is 10.1. The van der Waals surface area contributed by atoms with Crippen molar-refractivity contribution in [2.24, 2.45) is 5.41 Å². The molecule has 1 atom stereocenters. The molecule has 1 aliphatic heterocycles. The molecule has 1 fully saturated rings. The van der Waals surface area contributed by atoms with E-state index in [0.717, 1.165) is 44.8 Å². The molecule has 148 valence electrons. The Morgan fingerprint density at radius 2 is 2.07 bits per heavy atom. The van der Waals surface area contributed by atoms with Crippen LogP contribution in [0.25, 0.3) is 5.69 Å². The molecule has 0 radical (unpaired) electrons. The predicted octanol–water partition coefficient (Wildman–Crippen LogP) is 3.44. The van der Waals surface area contributed by atoms with Gasteiger partial charge in [-0.25, -0.2) is 4.68 Å². The molecule has 1 unspecified atom stereocenters. The van der Waals surface area contributed by atoms with Crippen LogP contribution in [0, 0.1) is 5.41 Å². The molecular formula is C21H31ClN4O. The Bertz CT molecular complexity index is 740. The van der Waals surface area contributed by atoms with Gasteiger partial charge in [0.25, 0.3) is 0 Å². The maximum atomic E-state index is 9.49. The molecule has 1 aromatic heterocycles. The summed E-state index contributed by atoms with van der Waals surface area (Å²) in [6.07, 6.45) is 4.84. The summed E-state index contributed by atoms with van der Waals surface area (Å²) in [5.74, 6) is 0. The van der Waals surface area contributed by atoms with E-state index in [9.17, 15) is 5.11 Å². The van der Waals surface area contributed by atoms with Crippen molar-refractivity contribution in [2.75, 3.05) is 32.8 Å². The summed E-state index contributed by atoms with van der Waals surface area (Å²) in [4.78, 5) is 5.01. The lowest BCUT2D eigenvalue weighted by atomic mass is 9.94. The number of aliphatic hydroxyl groups excluding tert-OH is 1. The zero-order chi connectivity index (χ0) is 19.4. The van der Waals surface area contributed by atoms with Gasteiger partial charge in [-0.1, -0.05) is 38.4 Å². The van der Waals surface area contributed by atoms with E-state index >= 15 is 0 Å². The van der Waals surface area contributed by atoms with Crippen molar-refractivity contribution in [1.82, 2.24) is 19.6 Å². The maximum absolute atomic E-state index is 9.49. The minimum Gasteiger partial charge on any atom is -0.396 e. The van der Waals surface area contributed by atoms with Gasteiger partial charge in [0.1, 0.15) is 0 Å². The van der Waals surface area contributed by atoms with Crippen molar-refractivity contribution >= 4 is 11.6 Å². The average molecular weight is 391 g/mol. The highest BCUT2D eigenvalue weighted by Gasteiger charge is 2.29. The number of benzene rings is 1. The Labute approximate surface area is 167 Å². The molecule has 0 saturated carbocycles. The lowest BCUT2D eigenvalue weighted by Crippen LogP contribution is -2.54. The first-order valence-electron chi connectivity index (χ1n) is 9.71. The standard InChI is InChI=1S/C21H31ClN4O/c1-21(2,3)16-25-9-8-24(15-20(25)7-10-27)13-17-12-23-26(14-17)19-6-4-5-18(22)11-19/h4-6,11-12,14,20,27H,7-10,13,15-16H2,1-3H3. The first-order chi connectivity index (χ1) is 12.8. The van der Waals surface area contributed by atoms with Gasteiger partial charge in [0.05, 0.1) is 11.9 Å². The minimum atomic E-state index is 0.242. The molecule has 2 aromatic rings. The van der Waals surface area contributed by atoms with Crippen LogP contribution in [-0.4, -0.2) is 63.5 Å². The summed E-state index contributed by atoms with van der Waals surface area (Å²) >= 11 is 6.09. The van der Waals surface area contributed by atoms with Crippen molar-refractivity contribution in [3.8, 4) is 5.69 Å². The van der Waals surface area contributed by atoms with Crippen LogP contribution in [0.15, 0.2) is 36.7 Å². The Morgan fingerprint density at radius 1 is 1.26 bits per heavy atom. The minimum absolute atomic E-state index is 0.242. The largest absolute Gasteiger partial charge is 0.396 e. The molecule has 0 spiro atoms. The number of hydrogen-bond acceptors (Lipinski definition) is 4. The second-order valence-corrected chi connectivity index (χ2v) is 9.14. The summed E-state index contributed by atoms with van der Waals surface area (Å²) < 4.78 is 1.88. The van der Waals surface area contributed by atoms with Gasteiger partial charge in [-0.15, -0.1) is 0 Å². The fourth-order valence-corrected chi connectivity index (χ4v) is 3.99. The topological polar surface area (TPSA) is 44.5 Å². The van der Waals surface area contributed by atoms with E-state index in [0.29, 0.717) is 11.1 Å². The van der Waals surface area contributed by atoms with E-state index in [1.54, 1.807) is 0 Å². The van der Waals surface area contributed by atoms with Gasteiger partial charge >= 0.3 is 0 Å². The molecule has 1 saturated heterocycles. The summed E-state index contributed by atoms with van der Waals surface area (Å²) in [5, 5.41) is 14.7. The van der Waals surface area contributed by atoms with Gasteiger partial charge in [-0.3, -0.25) is 9.80 Å². The molecule has 0 bridgehead atoms. The second-order valence-electron chi connectivity index (χ2n) is 8.71. The maximum Gasteiger partial charge on any atom is 0.0660 e. The number of piperazine rings is 1. The van der Waals surface area contributed by atoms with E-state index in [-0.39, 0.29) is 12.0 Å². The van der Waals surface area contributed by atoms with Gasteiger partial charge in [-0.2, -0.15) is 5.10 Å². The van der Waals surface area contributed by atoms with Gasteiger partial charge < -0.3 is 5.11 Å². The summed E-state index contributed by atoms with van der Waals surface area (Å²) in [6, 6.07) is 8.14. The zero-order valence-electron chi connectivity index (χ0n) is 16.6. The Kier molecular flexibility index (Phi) is 6.58. The quantitative estimate of drug-likeness (QED) is 0.820. The van der Waals surface area contributed by atoms with Crippen LogP contribution < -0.4 is 0 Å². The van der Waals surface area contributed by atoms with Gasteiger partial charge in [0.2, 0.25) is 0 Å². The van der Waals surface area contributed by atoms with E-state index in [1.165, 1.54) is 5.56 Å². The predicted molar refractivity (Wildman–Crippen MR) is 110 cm³/mol. The van der Waals surface area contributed by atoms with Crippen molar-refractivity contribution < 1.29 is 5.11 Å². The molecule has 1 aliphatic rings. The van der Waals surface area contributed by atoms with E-state index in [1.807, 2.05) is 35.1 Å². The number of hydrogen-bond donors (Lipinski definition) is 1. The molecule has 5 nitrogen and oxygen atoms in total. The lowest BCUT2D eigenvalue weighted by Gasteiger charge is -2.43. The van der Waals surface area contributed by atoms with Crippen LogP contribution in [0.2, 0.25) is 5.02 Å². The molecular weight excluding hydrogens is 360 g/mol. The van der Waals surface area contributed by atoms with E-state index in [4.69, 9.17) is 11.6 Å². The summed E-state index contributed by atoms with van der Waals surface area (Å²) in [6.45, 7) is 12.1. The Balaban J connectivity index is 1.63. The van der Waals surface area contributed by atoms with Gasteiger partial charge in [0.15, 0.2) is 0 Å². The molecule has 1 N–H and O–H groups in total. The normalized spacial score (nSPS) is 19.5. The van der Waals surface area contributed by atoms with Crippen LogP contribution >= 0.6 is 11.6 Å². The molecule has 27 heavy (non-hydrogen) atoms. The Hall–Kier alpha value is -1.40. The second kappa shape index (κ2) is 8.74. The van der Waals surface area contributed by atoms with Crippen molar-refractivity contribution in [1.29, 1.82) is 0 Å². The molecule has 6 heteroatoms. The van der Waals surface area contributed by atoms with Gasteiger partial charge in [0, 0.05) is 62.2 Å². The highest BCUT2D eigenvalue weighted by molar-refractivity contribution is 6.30.